The predicted molar refractivity (Wildman–Crippen MR) is 111 cm³/mol. The Balaban J connectivity index is 1.76. The fourth-order valence-corrected chi connectivity index (χ4v) is 3.52. The summed E-state index contributed by atoms with van der Waals surface area (Å²) >= 11 is 2.72. The standard InChI is InChI=1S/C19H16FN3O4S2/c1-26-13-5-3-4-6-14(13)27-15-9-11(20)7-8-12(15)22-17(24)18(25)23-19-21-10-16(28-2)29-19/h3-10H,1-2H3,(H,22,24)(H,21,23,25). The second-order valence-electron chi connectivity index (χ2n) is 5.49. The number of hydrogen-bond acceptors (Lipinski definition) is 7. The molecule has 7 nitrogen and oxygen atoms in total. The minimum Gasteiger partial charge on any atom is -0.493 e. The second-order valence-corrected chi connectivity index (χ2v) is 7.63. The Hall–Kier alpha value is -3.11. The van der Waals surface area contributed by atoms with Gasteiger partial charge in [-0.15, -0.1) is 11.8 Å². The van der Waals surface area contributed by atoms with Gasteiger partial charge in [-0.1, -0.05) is 23.5 Å². The molecule has 2 aromatic carbocycles. The molecule has 2 amide bonds. The van der Waals surface area contributed by atoms with E-state index in [0.717, 1.165) is 16.3 Å². The highest BCUT2D eigenvalue weighted by Gasteiger charge is 2.19. The molecule has 2 N–H and O–H groups in total. The third-order valence-electron chi connectivity index (χ3n) is 3.59. The van der Waals surface area contributed by atoms with Crippen LogP contribution in [0.25, 0.3) is 0 Å². The Morgan fingerprint density at radius 1 is 1.07 bits per heavy atom. The van der Waals surface area contributed by atoms with Gasteiger partial charge in [0, 0.05) is 6.07 Å². The van der Waals surface area contributed by atoms with Crippen LogP contribution in [0.2, 0.25) is 0 Å². The Morgan fingerprint density at radius 3 is 2.48 bits per heavy atom. The quantitative estimate of drug-likeness (QED) is 0.443. The number of hydrogen-bond donors (Lipinski definition) is 2. The van der Waals surface area contributed by atoms with Crippen LogP contribution in [0.4, 0.5) is 15.2 Å². The topological polar surface area (TPSA) is 89.5 Å². The third kappa shape index (κ3) is 5.24. The van der Waals surface area contributed by atoms with Gasteiger partial charge in [0.15, 0.2) is 22.4 Å². The summed E-state index contributed by atoms with van der Waals surface area (Å²) in [5.74, 6) is -1.63. The van der Waals surface area contributed by atoms with E-state index in [1.165, 1.54) is 36.3 Å². The fourth-order valence-electron chi connectivity index (χ4n) is 2.25. The monoisotopic (exact) mass is 433 g/mol. The molecule has 29 heavy (non-hydrogen) atoms. The van der Waals surface area contributed by atoms with Gasteiger partial charge >= 0.3 is 11.8 Å². The van der Waals surface area contributed by atoms with Crippen LogP contribution < -0.4 is 20.1 Å². The lowest BCUT2D eigenvalue weighted by Crippen LogP contribution is -2.29. The molecule has 0 atom stereocenters. The van der Waals surface area contributed by atoms with Crippen molar-refractivity contribution in [3.63, 3.8) is 0 Å². The van der Waals surface area contributed by atoms with Crippen molar-refractivity contribution in [2.24, 2.45) is 0 Å². The van der Waals surface area contributed by atoms with Gasteiger partial charge in [-0.2, -0.15) is 0 Å². The molecule has 3 aromatic rings. The maximum absolute atomic E-state index is 13.7. The number of amides is 2. The molecular weight excluding hydrogens is 417 g/mol. The Kier molecular flexibility index (Phi) is 6.68. The van der Waals surface area contributed by atoms with E-state index in [0.29, 0.717) is 16.6 Å². The lowest BCUT2D eigenvalue weighted by molar-refractivity contribution is -0.133. The smallest absolute Gasteiger partial charge is 0.315 e. The molecule has 0 aliphatic heterocycles. The summed E-state index contributed by atoms with van der Waals surface area (Å²) in [5.41, 5.74) is 0.126. The Bertz CT molecular complexity index is 1040. The molecule has 1 aromatic heterocycles. The lowest BCUT2D eigenvalue weighted by Gasteiger charge is -2.14. The van der Waals surface area contributed by atoms with Crippen LogP contribution in [0, 0.1) is 5.82 Å². The molecule has 3 rings (SSSR count). The molecule has 0 saturated heterocycles. The number of thiazole rings is 1. The number of halogens is 1. The SMILES string of the molecule is COc1ccccc1Oc1cc(F)ccc1NC(=O)C(=O)Nc1ncc(SC)s1. The van der Waals surface area contributed by atoms with Gasteiger partial charge in [-0.05, 0) is 30.5 Å². The zero-order valence-corrected chi connectivity index (χ0v) is 17.0. The number of carbonyl (C=O) groups is 2. The number of aromatic nitrogens is 1. The summed E-state index contributed by atoms with van der Waals surface area (Å²) in [4.78, 5) is 28.5. The molecule has 0 unspecified atom stereocenters. The van der Waals surface area contributed by atoms with Gasteiger partial charge in [0.1, 0.15) is 5.82 Å². The van der Waals surface area contributed by atoms with Gasteiger partial charge in [0.05, 0.1) is 23.2 Å². The van der Waals surface area contributed by atoms with Crippen LogP contribution >= 0.6 is 23.1 Å². The number of thioether (sulfide) groups is 1. The van der Waals surface area contributed by atoms with Gasteiger partial charge in [0.25, 0.3) is 0 Å². The van der Waals surface area contributed by atoms with E-state index in [9.17, 15) is 14.0 Å². The first kappa shape index (κ1) is 20.6. The molecule has 0 aliphatic carbocycles. The van der Waals surface area contributed by atoms with E-state index >= 15 is 0 Å². The predicted octanol–water partition coefficient (Wildman–Crippen LogP) is 4.38. The van der Waals surface area contributed by atoms with Crippen molar-refractivity contribution in [2.45, 2.75) is 4.21 Å². The number of methoxy groups -OCH3 is 1. The summed E-state index contributed by atoms with van der Waals surface area (Å²) in [5, 5.41) is 5.15. The molecule has 0 radical (unpaired) electrons. The van der Waals surface area contributed by atoms with Crippen LogP contribution in [-0.4, -0.2) is 30.2 Å². The van der Waals surface area contributed by atoms with E-state index in [2.05, 4.69) is 15.6 Å². The zero-order valence-electron chi connectivity index (χ0n) is 15.4. The van der Waals surface area contributed by atoms with Gasteiger partial charge in [-0.3, -0.25) is 14.9 Å². The van der Waals surface area contributed by atoms with E-state index in [1.54, 1.807) is 30.5 Å². The second kappa shape index (κ2) is 9.39. The molecule has 0 bridgehead atoms. The lowest BCUT2D eigenvalue weighted by atomic mass is 10.2. The van der Waals surface area contributed by atoms with Gasteiger partial charge in [0.2, 0.25) is 0 Å². The molecule has 1 heterocycles. The number of carbonyl (C=O) groups excluding carboxylic acids is 2. The number of anilines is 2. The zero-order chi connectivity index (χ0) is 20.8. The average molecular weight is 433 g/mol. The summed E-state index contributed by atoms with van der Waals surface area (Å²) < 4.78 is 25.5. The van der Waals surface area contributed by atoms with Crippen LogP contribution in [-0.2, 0) is 9.59 Å². The van der Waals surface area contributed by atoms with Crippen molar-refractivity contribution in [1.29, 1.82) is 0 Å². The maximum atomic E-state index is 13.7. The highest BCUT2D eigenvalue weighted by Crippen LogP contribution is 2.35. The molecule has 0 aliphatic rings. The van der Waals surface area contributed by atoms with Crippen LogP contribution in [0.3, 0.4) is 0 Å². The summed E-state index contributed by atoms with van der Waals surface area (Å²) in [7, 11) is 1.47. The average Bonchev–Trinajstić information content (AvgIpc) is 3.18. The van der Waals surface area contributed by atoms with Crippen molar-refractivity contribution in [1.82, 2.24) is 4.98 Å². The number of nitrogens with zero attached hydrogens (tertiary/aromatic N) is 1. The highest BCUT2D eigenvalue weighted by molar-refractivity contribution is 8.00. The van der Waals surface area contributed by atoms with Crippen molar-refractivity contribution in [2.75, 3.05) is 24.0 Å². The van der Waals surface area contributed by atoms with Crippen molar-refractivity contribution in [3.05, 3.63) is 54.5 Å². The van der Waals surface area contributed by atoms with Gasteiger partial charge < -0.3 is 14.8 Å². The summed E-state index contributed by atoms with van der Waals surface area (Å²) in [6.45, 7) is 0. The largest absolute Gasteiger partial charge is 0.493 e. The number of nitrogens with one attached hydrogen (secondary N) is 2. The van der Waals surface area contributed by atoms with E-state index < -0.39 is 17.6 Å². The van der Waals surface area contributed by atoms with E-state index in [4.69, 9.17) is 9.47 Å². The summed E-state index contributed by atoms with van der Waals surface area (Å²) in [6, 6.07) is 10.3. The van der Waals surface area contributed by atoms with Crippen molar-refractivity contribution < 1.29 is 23.5 Å². The molecule has 0 spiro atoms. The number of benzene rings is 2. The summed E-state index contributed by atoms with van der Waals surface area (Å²) in [6.07, 6.45) is 3.48. The first-order chi connectivity index (χ1) is 14.0. The number of para-hydroxylation sites is 2. The molecule has 150 valence electrons. The highest BCUT2D eigenvalue weighted by atomic mass is 32.2. The normalized spacial score (nSPS) is 10.3. The Labute approximate surface area is 174 Å². The molecule has 0 fully saturated rings. The van der Waals surface area contributed by atoms with Crippen LogP contribution in [0.5, 0.6) is 17.2 Å². The minimum absolute atomic E-state index is 0.0227. The molecular formula is C19H16FN3O4S2. The third-order valence-corrected chi connectivity index (χ3v) is 5.56. The number of rotatable bonds is 6. The van der Waals surface area contributed by atoms with Crippen LogP contribution in [0.15, 0.2) is 52.9 Å². The Morgan fingerprint density at radius 2 is 1.79 bits per heavy atom. The van der Waals surface area contributed by atoms with E-state index in [1.807, 2.05) is 6.26 Å². The fraction of sp³-hybridized carbons (Fsp3) is 0.105. The van der Waals surface area contributed by atoms with Crippen molar-refractivity contribution >= 4 is 45.7 Å². The first-order valence-corrected chi connectivity index (χ1v) is 10.3. The molecule has 0 saturated carbocycles. The molecule has 10 heteroatoms. The van der Waals surface area contributed by atoms with Crippen LogP contribution in [0.1, 0.15) is 0 Å². The minimum atomic E-state index is -0.942. The van der Waals surface area contributed by atoms with Gasteiger partial charge in [-0.25, -0.2) is 9.37 Å². The maximum Gasteiger partial charge on any atom is 0.315 e. The van der Waals surface area contributed by atoms with E-state index in [-0.39, 0.29) is 11.4 Å². The van der Waals surface area contributed by atoms with Crippen molar-refractivity contribution in [3.8, 4) is 17.2 Å². The first-order valence-electron chi connectivity index (χ1n) is 8.22. The number of ether oxygens (including phenoxy) is 2.